The number of rotatable bonds is 6. The summed E-state index contributed by atoms with van der Waals surface area (Å²) in [6.45, 7) is -0.123. The van der Waals surface area contributed by atoms with Gasteiger partial charge in [0.2, 0.25) is 18.6 Å². The van der Waals surface area contributed by atoms with Gasteiger partial charge in [0.25, 0.3) is 0 Å². The van der Waals surface area contributed by atoms with Crippen molar-refractivity contribution in [2.24, 2.45) is 5.73 Å². The Bertz CT molecular complexity index is 1090. The van der Waals surface area contributed by atoms with Crippen molar-refractivity contribution in [3.05, 3.63) is 58.7 Å². The fraction of sp³-hybridized carbons (Fsp3) is 0.105. The molecule has 1 aliphatic heterocycles. The summed E-state index contributed by atoms with van der Waals surface area (Å²) in [6, 6.07) is 9.83. The van der Waals surface area contributed by atoms with E-state index in [2.05, 4.69) is 20.6 Å². The van der Waals surface area contributed by atoms with Crippen molar-refractivity contribution in [3.63, 3.8) is 0 Å². The number of anilines is 4. The van der Waals surface area contributed by atoms with Crippen molar-refractivity contribution in [1.29, 1.82) is 0 Å². The van der Waals surface area contributed by atoms with Crippen LogP contribution in [0.25, 0.3) is 0 Å². The van der Waals surface area contributed by atoms with E-state index in [0.29, 0.717) is 39.3 Å². The van der Waals surface area contributed by atoms with Gasteiger partial charge in [-0.2, -0.15) is 4.98 Å². The average molecular weight is 414 g/mol. The molecule has 0 saturated heterocycles. The van der Waals surface area contributed by atoms with Crippen molar-refractivity contribution in [1.82, 2.24) is 9.97 Å². The van der Waals surface area contributed by atoms with Crippen molar-refractivity contribution in [3.8, 4) is 11.5 Å². The number of aliphatic hydroxyl groups excluding tert-OH is 1. The van der Waals surface area contributed by atoms with Crippen LogP contribution in [0.5, 0.6) is 11.5 Å². The predicted octanol–water partition coefficient (Wildman–Crippen LogP) is 2.94. The number of nitrogens with two attached hydrogens (primary N) is 1. The normalized spacial score (nSPS) is 11.9. The lowest BCUT2D eigenvalue weighted by Gasteiger charge is -2.12. The zero-order valence-corrected chi connectivity index (χ0v) is 15.7. The van der Waals surface area contributed by atoms with Gasteiger partial charge in [-0.25, -0.2) is 4.98 Å². The number of hydrogen-bond acceptors (Lipinski definition) is 8. The Hall–Kier alpha value is -3.56. The Labute approximate surface area is 170 Å². The van der Waals surface area contributed by atoms with Gasteiger partial charge in [-0.3, -0.25) is 4.79 Å². The third-order valence-corrected chi connectivity index (χ3v) is 4.43. The molecule has 0 saturated carbocycles. The highest BCUT2D eigenvalue weighted by molar-refractivity contribution is 6.33. The van der Waals surface area contributed by atoms with Crippen LogP contribution < -0.4 is 25.8 Å². The first kappa shape index (κ1) is 18.8. The van der Waals surface area contributed by atoms with E-state index in [1.807, 2.05) is 0 Å². The van der Waals surface area contributed by atoms with Gasteiger partial charge in [-0.05, 0) is 42.0 Å². The second kappa shape index (κ2) is 7.82. The van der Waals surface area contributed by atoms with Crippen LogP contribution in [0.4, 0.5) is 23.1 Å². The lowest BCUT2D eigenvalue weighted by atomic mass is 10.1. The zero-order chi connectivity index (χ0) is 20.4. The number of aromatic nitrogens is 2. The summed E-state index contributed by atoms with van der Waals surface area (Å²) in [5, 5.41) is 15.9. The number of hydrogen-bond donors (Lipinski definition) is 4. The molecule has 1 amide bonds. The van der Waals surface area contributed by atoms with E-state index in [1.54, 1.807) is 36.5 Å². The molecule has 0 spiro atoms. The van der Waals surface area contributed by atoms with Gasteiger partial charge in [0.05, 0.1) is 11.6 Å². The Morgan fingerprint density at radius 2 is 2.07 bits per heavy atom. The van der Waals surface area contributed by atoms with Crippen LogP contribution in [0, 0.1) is 0 Å². The summed E-state index contributed by atoms with van der Waals surface area (Å²) in [5.41, 5.74) is 7.18. The number of halogens is 1. The van der Waals surface area contributed by atoms with Crippen LogP contribution in [0.1, 0.15) is 15.9 Å². The molecule has 0 aliphatic carbocycles. The Morgan fingerprint density at radius 3 is 2.86 bits per heavy atom. The molecule has 9 nitrogen and oxygen atoms in total. The van der Waals surface area contributed by atoms with Crippen LogP contribution in [-0.2, 0) is 6.61 Å². The van der Waals surface area contributed by atoms with Crippen molar-refractivity contribution in [2.75, 3.05) is 17.4 Å². The molecule has 3 aromatic rings. The van der Waals surface area contributed by atoms with Crippen molar-refractivity contribution >= 4 is 40.6 Å². The number of aliphatic hydroxyl groups is 1. The maximum absolute atomic E-state index is 11.5. The first-order chi connectivity index (χ1) is 14.0. The minimum atomic E-state index is -0.602. The molecular formula is C19H16ClN5O4. The highest BCUT2D eigenvalue weighted by Crippen LogP contribution is 2.44. The summed E-state index contributed by atoms with van der Waals surface area (Å²) in [6.07, 6.45) is 1.55. The van der Waals surface area contributed by atoms with Gasteiger partial charge >= 0.3 is 0 Å². The number of amides is 1. The lowest BCUT2D eigenvalue weighted by Crippen LogP contribution is -2.12. The second-order valence-corrected chi connectivity index (χ2v) is 6.52. The third kappa shape index (κ3) is 4.00. The Morgan fingerprint density at radius 1 is 1.21 bits per heavy atom. The molecule has 0 fully saturated rings. The number of carbonyl (C=O) groups is 1. The van der Waals surface area contributed by atoms with Gasteiger partial charge < -0.3 is 30.9 Å². The topological polar surface area (TPSA) is 132 Å². The average Bonchev–Trinajstić information content (AvgIpc) is 3.19. The number of primary amides is 1. The molecule has 10 heteroatoms. The molecule has 29 heavy (non-hydrogen) atoms. The first-order valence-electron chi connectivity index (χ1n) is 8.53. The van der Waals surface area contributed by atoms with Gasteiger partial charge in [0.15, 0.2) is 11.5 Å². The van der Waals surface area contributed by atoms with Crippen LogP contribution in [0.2, 0.25) is 5.02 Å². The lowest BCUT2D eigenvalue weighted by molar-refractivity contribution is 0.1000. The first-order valence-corrected chi connectivity index (χ1v) is 8.91. The number of ether oxygens (including phenoxy) is 2. The molecule has 0 radical (unpaired) electrons. The molecule has 0 atom stereocenters. The maximum atomic E-state index is 11.5. The molecule has 0 unspecified atom stereocenters. The number of benzene rings is 2. The molecular weight excluding hydrogens is 398 g/mol. The van der Waals surface area contributed by atoms with E-state index >= 15 is 0 Å². The Balaban J connectivity index is 1.60. The second-order valence-electron chi connectivity index (χ2n) is 6.11. The van der Waals surface area contributed by atoms with Crippen LogP contribution in [-0.4, -0.2) is 27.8 Å². The molecule has 148 valence electrons. The molecule has 2 aromatic carbocycles. The van der Waals surface area contributed by atoms with E-state index in [1.165, 1.54) is 6.07 Å². The predicted molar refractivity (Wildman–Crippen MR) is 107 cm³/mol. The fourth-order valence-corrected chi connectivity index (χ4v) is 3.00. The van der Waals surface area contributed by atoms with Gasteiger partial charge in [-0.15, -0.1) is 0 Å². The van der Waals surface area contributed by atoms with Gasteiger partial charge in [-0.1, -0.05) is 11.6 Å². The van der Waals surface area contributed by atoms with Crippen LogP contribution in [0.15, 0.2) is 42.6 Å². The van der Waals surface area contributed by atoms with E-state index < -0.39 is 5.91 Å². The van der Waals surface area contributed by atoms with E-state index in [0.717, 1.165) is 0 Å². The standard InChI is InChI=1S/C19H16ClN5O4/c20-13-1-2-14-17(29-9-28-14)16(13)24-15-3-4-22-19(25-15)23-12-6-10(8-26)5-11(7-12)18(21)27/h1-7,26H,8-9H2,(H2,21,27)(H2,22,23,24,25). The summed E-state index contributed by atoms with van der Waals surface area (Å²) >= 11 is 6.28. The van der Waals surface area contributed by atoms with Crippen molar-refractivity contribution in [2.45, 2.75) is 6.61 Å². The quantitative estimate of drug-likeness (QED) is 0.485. The molecule has 4 rings (SSSR count). The highest BCUT2D eigenvalue weighted by Gasteiger charge is 2.21. The van der Waals surface area contributed by atoms with E-state index in [9.17, 15) is 9.90 Å². The number of nitrogens with one attached hydrogen (secondary N) is 2. The Kier molecular flexibility index (Phi) is 5.07. The molecule has 0 bridgehead atoms. The smallest absolute Gasteiger partial charge is 0.248 e. The summed E-state index contributed by atoms with van der Waals surface area (Å²) in [5.74, 6) is 1.22. The molecule has 5 N–H and O–H groups in total. The fourth-order valence-electron chi connectivity index (χ4n) is 2.81. The van der Waals surface area contributed by atoms with Crippen LogP contribution >= 0.6 is 11.6 Å². The van der Waals surface area contributed by atoms with Gasteiger partial charge in [0.1, 0.15) is 11.5 Å². The summed E-state index contributed by atoms with van der Waals surface area (Å²) in [4.78, 5) is 20.1. The summed E-state index contributed by atoms with van der Waals surface area (Å²) < 4.78 is 10.8. The van der Waals surface area contributed by atoms with Gasteiger partial charge in [0, 0.05) is 17.4 Å². The SMILES string of the molecule is NC(=O)c1cc(CO)cc(Nc2nccc(Nc3c(Cl)ccc4c3OCO4)n2)c1. The number of nitrogens with zero attached hydrogens (tertiary/aromatic N) is 2. The maximum Gasteiger partial charge on any atom is 0.248 e. The minimum absolute atomic E-state index is 0.115. The molecule has 1 aliphatic rings. The highest BCUT2D eigenvalue weighted by atomic mass is 35.5. The summed E-state index contributed by atoms with van der Waals surface area (Å²) in [7, 11) is 0. The zero-order valence-electron chi connectivity index (χ0n) is 15.0. The largest absolute Gasteiger partial charge is 0.454 e. The van der Waals surface area contributed by atoms with Crippen LogP contribution in [0.3, 0.4) is 0 Å². The van der Waals surface area contributed by atoms with E-state index in [-0.39, 0.29) is 24.9 Å². The third-order valence-electron chi connectivity index (χ3n) is 4.11. The monoisotopic (exact) mass is 413 g/mol. The van der Waals surface area contributed by atoms with Crippen molar-refractivity contribution < 1.29 is 19.4 Å². The molecule has 1 aromatic heterocycles. The van der Waals surface area contributed by atoms with E-state index in [4.69, 9.17) is 26.8 Å². The minimum Gasteiger partial charge on any atom is -0.454 e. The number of carbonyl (C=O) groups excluding carboxylic acids is 1. The molecule has 2 heterocycles. The number of fused-ring (bicyclic) bond motifs is 1.